The zero-order valence-electron chi connectivity index (χ0n) is 11.0. The second-order valence-electron chi connectivity index (χ2n) is 4.46. The van der Waals surface area contributed by atoms with E-state index in [2.05, 4.69) is 22.0 Å². The molecule has 0 amide bonds. The number of nitro groups is 1. The molecule has 0 atom stereocenters. The van der Waals surface area contributed by atoms with Crippen LogP contribution in [0.5, 0.6) is 5.75 Å². The highest BCUT2D eigenvalue weighted by molar-refractivity contribution is 9.08. The van der Waals surface area contributed by atoms with E-state index in [9.17, 15) is 10.1 Å². The van der Waals surface area contributed by atoms with Crippen molar-refractivity contribution in [3.05, 3.63) is 69.3 Å². The average Bonchev–Trinajstić information content (AvgIpc) is 2.46. The van der Waals surface area contributed by atoms with Gasteiger partial charge in [0.2, 0.25) is 0 Å². The van der Waals surface area contributed by atoms with Crippen molar-refractivity contribution in [2.75, 3.05) is 0 Å². The van der Waals surface area contributed by atoms with Crippen LogP contribution in [0.25, 0.3) is 0 Å². The first kappa shape index (κ1) is 14.5. The number of nitrogens with zero attached hydrogens (tertiary/aromatic N) is 1. The second kappa shape index (κ2) is 6.52. The van der Waals surface area contributed by atoms with Crippen molar-refractivity contribution in [3.8, 4) is 5.75 Å². The first-order valence-corrected chi connectivity index (χ1v) is 7.24. The van der Waals surface area contributed by atoms with Gasteiger partial charge in [-0.1, -0.05) is 33.6 Å². The average molecular weight is 336 g/mol. The lowest BCUT2D eigenvalue weighted by Gasteiger charge is -2.10. The van der Waals surface area contributed by atoms with Crippen LogP contribution in [0.15, 0.2) is 42.5 Å². The van der Waals surface area contributed by atoms with E-state index in [-0.39, 0.29) is 5.69 Å². The van der Waals surface area contributed by atoms with Crippen LogP contribution in [0.2, 0.25) is 0 Å². The third kappa shape index (κ3) is 3.57. The van der Waals surface area contributed by atoms with Gasteiger partial charge in [-0.15, -0.1) is 0 Å². The van der Waals surface area contributed by atoms with Crippen molar-refractivity contribution in [2.45, 2.75) is 18.9 Å². The summed E-state index contributed by atoms with van der Waals surface area (Å²) in [5, 5.41) is 11.3. The van der Waals surface area contributed by atoms with Crippen molar-refractivity contribution in [2.24, 2.45) is 0 Å². The summed E-state index contributed by atoms with van der Waals surface area (Å²) in [4.78, 5) is 10.2. The lowest BCUT2D eigenvalue weighted by Crippen LogP contribution is -1.98. The van der Waals surface area contributed by atoms with Crippen molar-refractivity contribution >= 4 is 21.6 Å². The number of aryl methyl sites for hydroxylation is 1. The van der Waals surface area contributed by atoms with Gasteiger partial charge in [0.25, 0.3) is 5.69 Å². The molecule has 2 rings (SSSR count). The minimum Gasteiger partial charge on any atom is -0.489 e. The van der Waals surface area contributed by atoms with Crippen molar-refractivity contribution in [1.29, 1.82) is 0 Å². The van der Waals surface area contributed by atoms with Crippen LogP contribution in [-0.4, -0.2) is 4.92 Å². The molecule has 0 radical (unpaired) electrons. The Labute approximate surface area is 125 Å². The largest absolute Gasteiger partial charge is 0.489 e. The number of hydrogen-bond acceptors (Lipinski definition) is 3. The van der Waals surface area contributed by atoms with Crippen LogP contribution in [0, 0.1) is 17.0 Å². The molecular weight excluding hydrogens is 322 g/mol. The molecule has 5 heteroatoms. The highest BCUT2D eigenvalue weighted by Crippen LogP contribution is 2.23. The van der Waals surface area contributed by atoms with Gasteiger partial charge in [0.1, 0.15) is 12.4 Å². The van der Waals surface area contributed by atoms with Crippen LogP contribution in [0.4, 0.5) is 5.69 Å². The molecule has 0 bridgehead atoms. The molecule has 0 saturated carbocycles. The van der Waals surface area contributed by atoms with Gasteiger partial charge >= 0.3 is 0 Å². The van der Waals surface area contributed by atoms with E-state index in [1.807, 2.05) is 19.1 Å². The molecule has 0 unspecified atom stereocenters. The van der Waals surface area contributed by atoms with E-state index in [1.165, 1.54) is 17.7 Å². The fourth-order valence-electron chi connectivity index (χ4n) is 1.83. The number of benzene rings is 2. The molecule has 0 saturated heterocycles. The van der Waals surface area contributed by atoms with E-state index < -0.39 is 4.92 Å². The fourth-order valence-corrected chi connectivity index (χ4v) is 2.27. The molecule has 0 N–H and O–H groups in total. The maximum atomic E-state index is 10.6. The van der Waals surface area contributed by atoms with Crippen molar-refractivity contribution in [3.63, 3.8) is 0 Å². The van der Waals surface area contributed by atoms with Crippen LogP contribution < -0.4 is 4.74 Å². The van der Waals surface area contributed by atoms with Gasteiger partial charge in [0.15, 0.2) is 0 Å². The SMILES string of the molecule is Cc1ccc(OCc2ccc([N+](=O)[O-])cc2)c(CBr)c1. The number of rotatable bonds is 5. The summed E-state index contributed by atoms with van der Waals surface area (Å²) < 4.78 is 5.77. The predicted octanol–water partition coefficient (Wildman–Crippen LogP) is 4.38. The minimum atomic E-state index is -0.409. The zero-order valence-corrected chi connectivity index (χ0v) is 12.6. The summed E-state index contributed by atoms with van der Waals surface area (Å²) in [6, 6.07) is 12.4. The quantitative estimate of drug-likeness (QED) is 0.463. The monoisotopic (exact) mass is 335 g/mol. The normalized spacial score (nSPS) is 10.3. The number of nitro benzene ring substituents is 1. The summed E-state index contributed by atoms with van der Waals surface area (Å²) in [6.07, 6.45) is 0. The standard InChI is InChI=1S/C15H14BrNO3/c1-11-2-7-15(13(8-11)9-16)20-10-12-3-5-14(6-4-12)17(18)19/h2-8H,9-10H2,1H3. The van der Waals surface area contributed by atoms with Gasteiger partial charge in [-0.25, -0.2) is 0 Å². The first-order valence-electron chi connectivity index (χ1n) is 6.12. The summed E-state index contributed by atoms with van der Waals surface area (Å²) >= 11 is 3.44. The van der Waals surface area contributed by atoms with Crippen molar-refractivity contribution < 1.29 is 9.66 Å². The molecule has 0 spiro atoms. The van der Waals surface area contributed by atoms with Gasteiger partial charge in [0.05, 0.1) is 4.92 Å². The molecule has 2 aromatic rings. The molecule has 104 valence electrons. The summed E-state index contributed by atoms with van der Waals surface area (Å²) in [5.74, 6) is 0.825. The van der Waals surface area contributed by atoms with Crippen molar-refractivity contribution in [1.82, 2.24) is 0 Å². The molecule has 0 aliphatic carbocycles. The van der Waals surface area contributed by atoms with E-state index in [0.29, 0.717) is 6.61 Å². The smallest absolute Gasteiger partial charge is 0.269 e. The third-order valence-corrected chi connectivity index (χ3v) is 3.51. The van der Waals surface area contributed by atoms with E-state index in [1.54, 1.807) is 12.1 Å². The zero-order chi connectivity index (χ0) is 14.5. The molecule has 0 aliphatic rings. The Balaban J connectivity index is 2.06. The number of halogens is 1. The topological polar surface area (TPSA) is 52.4 Å². The highest BCUT2D eigenvalue weighted by atomic mass is 79.9. The molecule has 20 heavy (non-hydrogen) atoms. The van der Waals surface area contributed by atoms with Gasteiger partial charge in [-0.3, -0.25) is 10.1 Å². The van der Waals surface area contributed by atoms with Crippen LogP contribution in [-0.2, 0) is 11.9 Å². The Morgan fingerprint density at radius 3 is 2.50 bits per heavy atom. The molecule has 0 aliphatic heterocycles. The lowest BCUT2D eigenvalue weighted by atomic mass is 10.1. The van der Waals surface area contributed by atoms with Gasteiger partial charge < -0.3 is 4.74 Å². The fraction of sp³-hybridized carbons (Fsp3) is 0.200. The minimum absolute atomic E-state index is 0.0882. The Morgan fingerprint density at radius 2 is 1.90 bits per heavy atom. The Morgan fingerprint density at radius 1 is 1.20 bits per heavy atom. The van der Waals surface area contributed by atoms with Crippen LogP contribution in [0.1, 0.15) is 16.7 Å². The first-order chi connectivity index (χ1) is 9.60. The van der Waals surface area contributed by atoms with Gasteiger partial charge in [-0.05, 0) is 30.7 Å². The summed E-state index contributed by atoms with van der Waals surface area (Å²) in [6.45, 7) is 2.42. The molecule has 0 fully saturated rings. The number of non-ortho nitro benzene ring substituents is 1. The van der Waals surface area contributed by atoms with E-state index >= 15 is 0 Å². The maximum Gasteiger partial charge on any atom is 0.269 e. The summed E-state index contributed by atoms with van der Waals surface area (Å²) in [7, 11) is 0. The summed E-state index contributed by atoms with van der Waals surface area (Å²) in [5.41, 5.74) is 3.26. The molecular formula is C15H14BrNO3. The maximum absolute atomic E-state index is 10.6. The molecule has 0 aromatic heterocycles. The second-order valence-corrected chi connectivity index (χ2v) is 5.02. The Bertz CT molecular complexity index is 611. The highest BCUT2D eigenvalue weighted by Gasteiger charge is 2.06. The van der Waals surface area contributed by atoms with Gasteiger partial charge in [0, 0.05) is 23.0 Å². The number of alkyl halides is 1. The van der Waals surface area contributed by atoms with Crippen LogP contribution in [0.3, 0.4) is 0 Å². The number of ether oxygens (including phenoxy) is 1. The predicted molar refractivity (Wildman–Crippen MR) is 81.2 cm³/mol. The van der Waals surface area contributed by atoms with Gasteiger partial charge in [-0.2, -0.15) is 0 Å². The lowest BCUT2D eigenvalue weighted by molar-refractivity contribution is -0.384. The molecule has 2 aromatic carbocycles. The Hall–Kier alpha value is -1.88. The molecule has 4 nitrogen and oxygen atoms in total. The van der Waals surface area contributed by atoms with Crippen LogP contribution >= 0.6 is 15.9 Å². The Kier molecular flexibility index (Phi) is 4.74. The van der Waals surface area contributed by atoms with E-state index in [0.717, 1.165) is 22.2 Å². The third-order valence-electron chi connectivity index (χ3n) is 2.90. The number of hydrogen-bond donors (Lipinski definition) is 0. The molecule has 0 heterocycles. The van der Waals surface area contributed by atoms with E-state index in [4.69, 9.17) is 4.74 Å².